The van der Waals surface area contributed by atoms with Crippen LogP contribution in [0.3, 0.4) is 0 Å². The second kappa shape index (κ2) is 4.80. The summed E-state index contributed by atoms with van der Waals surface area (Å²) in [7, 11) is 0. The molecule has 0 spiro atoms. The van der Waals surface area contributed by atoms with Crippen molar-refractivity contribution in [1.29, 1.82) is 0 Å². The van der Waals surface area contributed by atoms with Gasteiger partial charge in [-0.1, -0.05) is 29.8 Å². The molecule has 0 radical (unpaired) electrons. The van der Waals surface area contributed by atoms with Crippen molar-refractivity contribution in [2.45, 2.75) is 26.3 Å². The molecule has 4 heteroatoms. The van der Waals surface area contributed by atoms with Gasteiger partial charge in [0.05, 0.1) is 12.0 Å². The monoisotopic (exact) mass is 247 g/mol. The number of carbonyl (C=O) groups excluding carboxylic acids is 1. The van der Waals surface area contributed by atoms with Gasteiger partial charge in [-0.3, -0.25) is 9.59 Å². The number of hydrogen-bond donors (Lipinski definition) is 1. The third-order valence-corrected chi connectivity index (χ3v) is 3.53. The Bertz CT molecular complexity index is 466. The zero-order chi connectivity index (χ0) is 13.3. The Kier molecular flexibility index (Phi) is 3.36. The fourth-order valence-corrected chi connectivity index (χ4v) is 2.30. The molecule has 2 atom stereocenters. The third kappa shape index (κ3) is 2.37. The molecule has 1 aliphatic rings. The summed E-state index contributed by atoms with van der Waals surface area (Å²) in [5, 5.41) is 8.96. The molecule has 1 N–H and O–H groups in total. The minimum Gasteiger partial charge on any atom is -0.481 e. The first-order valence-corrected chi connectivity index (χ1v) is 6.08. The van der Waals surface area contributed by atoms with E-state index >= 15 is 0 Å². The van der Waals surface area contributed by atoms with Gasteiger partial charge in [-0.15, -0.1) is 0 Å². The molecular weight excluding hydrogens is 230 g/mol. The molecule has 1 heterocycles. The Hall–Kier alpha value is -1.84. The van der Waals surface area contributed by atoms with Gasteiger partial charge in [-0.25, -0.2) is 0 Å². The molecule has 1 amide bonds. The lowest BCUT2D eigenvalue weighted by atomic mass is 10.1. The lowest BCUT2D eigenvalue weighted by molar-refractivity contribution is -0.141. The first kappa shape index (κ1) is 12.6. The average molecular weight is 247 g/mol. The zero-order valence-corrected chi connectivity index (χ0v) is 10.6. The summed E-state index contributed by atoms with van der Waals surface area (Å²) < 4.78 is 0. The van der Waals surface area contributed by atoms with Crippen molar-refractivity contribution in [3.8, 4) is 0 Å². The van der Waals surface area contributed by atoms with E-state index in [0.717, 1.165) is 5.56 Å². The Labute approximate surface area is 106 Å². The molecule has 0 saturated carbocycles. The molecule has 1 aromatic carbocycles. The van der Waals surface area contributed by atoms with Crippen molar-refractivity contribution in [1.82, 2.24) is 4.90 Å². The van der Waals surface area contributed by atoms with Gasteiger partial charge in [0.25, 0.3) is 0 Å². The minimum atomic E-state index is -0.887. The Morgan fingerprint density at radius 1 is 1.39 bits per heavy atom. The molecule has 4 nitrogen and oxygen atoms in total. The van der Waals surface area contributed by atoms with Crippen LogP contribution in [0.4, 0.5) is 0 Å². The second-order valence-electron chi connectivity index (χ2n) is 4.87. The second-order valence-corrected chi connectivity index (χ2v) is 4.87. The van der Waals surface area contributed by atoms with Crippen LogP contribution in [0.25, 0.3) is 0 Å². The van der Waals surface area contributed by atoms with Crippen LogP contribution in [0.1, 0.15) is 30.5 Å². The molecular formula is C14H17NO3. The van der Waals surface area contributed by atoms with Crippen LogP contribution in [-0.4, -0.2) is 28.4 Å². The Morgan fingerprint density at radius 3 is 2.50 bits per heavy atom. The fourth-order valence-electron chi connectivity index (χ4n) is 2.30. The van der Waals surface area contributed by atoms with Gasteiger partial charge < -0.3 is 10.0 Å². The maximum atomic E-state index is 11.8. The van der Waals surface area contributed by atoms with Gasteiger partial charge in [0.2, 0.25) is 5.91 Å². The molecule has 0 aromatic heterocycles. The van der Waals surface area contributed by atoms with Crippen molar-refractivity contribution in [3.05, 3.63) is 35.4 Å². The van der Waals surface area contributed by atoms with E-state index < -0.39 is 11.9 Å². The number of hydrogen-bond acceptors (Lipinski definition) is 2. The lowest BCUT2D eigenvalue weighted by Crippen LogP contribution is -2.29. The molecule has 1 fully saturated rings. The van der Waals surface area contributed by atoms with Crippen LogP contribution in [0.2, 0.25) is 0 Å². The van der Waals surface area contributed by atoms with Gasteiger partial charge in [0, 0.05) is 13.0 Å². The number of amides is 1. The highest BCUT2D eigenvalue weighted by molar-refractivity contribution is 5.86. The van der Waals surface area contributed by atoms with Crippen molar-refractivity contribution in [3.63, 3.8) is 0 Å². The van der Waals surface area contributed by atoms with Gasteiger partial charge in [-0.2, -0.15) is 0 Å². The number of likely N-dealkylation sites (tertiary alicyclic amines) is 1. The minimum absolute atomic E-state index is 0.0672. The van der Waals surface area contributed by atoms with Crippen molar-refractivity contribution >= 4 is 11.9 Å². The fraction of sp³-hybridized carbons (Fsp3) is 0.429. The van der Waals surface area contributed by atoms with Crippen LogP contribution in [0.15, 0.2) is 24.3 Å². The summed E-state index contributed by atoms with van der Waals surface area (Å²) in [5.41, 5.74) is 2.21. The van der Waals surface area contributed by atoms with E-state index in [4.69, 9.17) is 5.11 Å². The SMILES string of the molecule is Cc1ccc([C@H](C)N2C[C@@H](C(=O)O)CC2=O)cc1. The summed E-state index contributed by atoms with van der Waals surface area (Å²) in [4.78, 5) is 24.4. The maximum Gasteiger partial charge on any atom is 0.308 e. The smallest absolute Gasteiger partial charge is 0.308 e. The van der Waals surface area contributed by atoms with E-state index in [2.05, 4.69) is 0 Å². The van der Waals surface area contributed by atoms with Crippen LogP contribution in [0.5, 0.6) is 0 Å². The van der Waals surface area contributed by atoms with Gasteiger partial charge in [0.15, 0.2) is 0 Å². The van der Waals surface area contributed by atoms with Crippen LogP contribution in [-0.2, 0) is 9.59 Å². The molecule has 1 saturated heterocycles. The highest BCUT2D eigenvalue weighted by Gasteiger charge is 2.36. The average Bonchev–Trinajstić information content (AvgIpc) is 2.71. The number of benzene rings is 1. The van der Waals surface area contributed by atoms with Crippen molar-refractivity contribution in [2.24, 2.45) is 5.92 Å². The van der Waals surface area contributed by atoms with E-state index in [-0.39, 0.29) is 18.4 Å². The number of carboxylic acids is 1. The molecule has 2 rings (SSSR count). The Balaban J connectivity index is 2.14. The first-order valence-electron chi connectivity index (χ1n) is 6.08. The molecule has 0 bridgehead atoms. The maximum absolute atomic E-state index is 11.8. The van der Waals surface area contributed by atoms with Gasteiger partial charge in [0.1, 0.15) is 0 Å². The van der Waals surface area contributed by atoms with Gasteiger partial charge >= 0.3 is 5.97 Å². The van der Waals surface area contributed by atoms with E-state index in [0.29, 0.717) is 6.54 Å². The van der Waals surface area contributed by atoms with Crippen molar-refractivity contribution in [2.75, 3.05) is 6.54 Å². The standard InChI is InChI=1S/C14H17NO3/c1-9-3-5-11(6-4-9)10(2)15-8-12(14(17)18)7-13(15)16/h3-6,10,12H,7-8H2,1-2H3,(H,17,18)/t10-,12-/m0/s1. The van der Waals surface area contributed by atoms with E-state index in [9.17, 15) is 9.59 Å². The molecule has 0 unspecified atom stereocenters. The van der Waals surface area contributed by atoms with E-state index in [1.54, 1.807) is 4.90 Å². The summed E-state index contributed by atoms with van der Waals surface area (Å²) in [6, 6.07) is 7.91. The highest BCUT2D eigenvalue weighted by Crippen LogP contribution is 2.28. The first-order chi connectivity index (χ1) is 8.49. The Morgan fingerprint density at radius 2 is 2.00 bits per heavy atom. The molecule has 96 valence electrons. The molecule has 1 aliphatic heterocycles. The van der Waals surface area contributed by atoms with Crippen LogP contribution < -0.4 is 0 Å². The summed E-state index contributed by atoms with van der Waals surface area (Å²) in [5.74, 6) is -1.53. The lowest BCUT2D eigenvalue weighted by Gasteiger charge is -2.25. The highest BCUT2D eigenvalue weighted by atomic mass is 16.4. The summed E-state index contributed by atoms with van der Waals surface area (Å²) in [6.07, 6.45) is 0.117. The summed E-state index contributed by atoms with van der Waals surface area (Å²) >= 11 is 0. The number of aryl methyl sites for hydroxylation is 1. The quantitative estimate of drug-likeness (QED) is 0.888. The molecule has 18 heavy (non-hydrogen) atoms. The van der Waals surface area contributed by atoms with Crippen LogP contribution in [0, 0.1) is 12.8 Å². The number of rotatable bonds is 3. The molecule has 0 aliphatic carbocycles. The third-order valence-electron chi connectivity index (χ3n) is 3.53. The van der Waals surface area contributed by atoms with Gasteiger partial charge in [-0.05, 0) is 19.4 Å². The molecule has 1 aromatic rings. The van der Waals surface area contributed by atoms with Crippen LogP contribution >= 0.6 is 0 Å². The number of carboxylic acid groups (broad SMARTS) is 1. The van der Waals surface area contributed by atoms with Crippen molar-refractivity contribution < 1.29 is 14.7 Å². The van der Waals surface area contributed by atoms with E-state index in [1.807, 2.05) is 38.1 Å². The number of aliphatic carboxylic acids is 1. The van der Waals surface area contributed by atoms with E-state index in [1.165, 1.54) is 5.56 Å². The predicted octanol–water partition coefficient (Wildman–Crippen LogP) is 1.99. The number of nitrogens with zero attached hydrogens (tertiary/aromatic N) is 1. The number of carbonyl (C=O) groups is 2. The topological polar surface area (TPSA) is 57.6 Å². The zero-order valence-electron chi connectivity index (χ0n) is 10.6. The summed E-state index contributed by atoms with van der Waals surface area (Å²) in [6.45, 7) is 4.26. The predicted molar refractivity (Wildman–Crippen MR) is 67.0 cm³/mol. The largest absolute Gasteiger partial charge is 0.481 e. The normalized spacial score (nSPS) is 21.1.